The number of carbonyl (C=O) groups excluding carboxylic acids is 1. The lowest BCUT2D eigenvalue weighted by Crippen LogP contribution is -2.39. The minimum absolute atomic E-state index is 0.107. The van der Waals surface area contributed by atoms with Crippen molar-refractivity contribution in [1.82, 2.24) is 4.90 Å². The molecule has 3 nitrogen and oxygen atoms in total. The summed E-state index contributed by atoms with van der Waals surface area (Å²) in [6, 6.07) is 2.88. The van der Waals surface area contributed by atoms with E-state index in [4.69, 9.17) is 5.11 Å². The molecule has 0 bridgehead atoms. The first-order valence-electron chi connectivity index (χ1n) is 5.97. The van der Waals surface area contributed by atoms with Gasteiger partial charge in [-0.1, -0.05) is 0 Å². The third kappa shape index (κ3) is 2.67. The maximum absolute atomic E-state index is 13.5. The lowest BCUT2D eigenvalue weighted by molar-refractivity contribution is 0.0646. The van der Waals surface area contributed by atoms with Gasteiger partial charge in [0.1, 0.15) is 11.6 Å². The van der Waals surface area contributed by atoms with Gasteiger partial charge >= 0.3 is 0 Å². The van der Waals surface area contributed by atoms with E-state index in [0.717, 1.165) is 18.2 Å². The van der Waals surface area contributed by atoms with E-state index in [1.165, 1.54) is 4.90 Å². The van der Waals surface area contributed by atoms with Gasteiger partial charge in [-0.05, 0) is 37.0 Å². The minimum Gasteiger partial charge on any atom is -0.396 e. The van der Waals surface area contributed by atoms with Crippen molar-refractivity contribution in [3.63, 3.8) is 0 Å². The second-order valence-corrected chi connectivity index (χ2v) is 4.54. The van der Waals surface area contributed by atoms with Crippen LogP contribution in [0.3, 0.4) is 0 Å². The molecule has 0 aromatic heterocycles. The molecule has 1 aromatic rings. The van der Waals surface area contributed by atoms with Crippen LogP contribution in [-0.2, 0) is 0 Å². The Hall–Kier alpha value is -1.49. The molecule has 1 aromatic carbocycles. The third-order valence-electron chi connectivity index (χ3n) is 3.32. The molecule has 5 heteroatoms. The van der Waals surface area contributed by atoms with Crippen molar-refractivity contribution in [2.75, 3.05) is 19.7 Å². The zero-order valence-corrected chi connectivity index (χ0v) is 9.90. The van der Waals surface area contributed by atoms with Crippen molar-refractivity contribution in [1.29, 1.82) is 0 Å². The molecule has 1 N–H and O–H groups in total. The van der Waals surface area contributed by atoms with E-state index in [-0.39, 0.29) is 18.1 Å². The van der Waals surface area contributed by atoms with E-state index in [1.807, 2.05) is 0 Å². The Morgan fingerprint density at radius 3 is 2.61 bits per heavy atom. The number of aliphatic hydroxyl groups is 1. The van der Waals surface area contributed by atoms with Gasteiger partial charge in [0, 0.05) is 19.7 Å². The van der Waals surface area contributed by atoms with E-state index in [9.17, 15) is 13.6 Å². The van der Waals surface area contributed by atoms with Gasteiger partial charge in [-0.25, -0.2) is 8.78 Å². The van der Waals surface area contributed by atoms with Gasteiger partial charge in [0.05, 0.1) is 5.56 Å². The topological polar surface area (TPSA) is 40.5 Å². The van der Waals surface area contributed by atoms with Crippen molar-refractivity contribution >= 4 is 5.91 Å². The largest absolute Gasteiger partial charge is 0.396 e. The zero-order valence-electron chi connectivity index (χ0n) is 9.90. The number of benzene rings is 1. The predicted octanol–water partition coefficient (Wildman–Crippen LogP) is 1.81. The van der Waals surface area contributed by atoms with Gasteiger partial charge in [-0.15, -0.1) is 0 Å². The normalized spacial score (nSPS) is 16.9. The van der Waals surface area contributed by atoms with Crippen molar-refractivity contribution in [2.24, 2.45) is 5.92 Å². The monoisotopic (exact) mass is 255 g/mol. The highest BCUT2D eigenvalue weighted by molar-refractivity contribution is 5.94. The van der Waals surface area contributed by atoms with Crippen molar-refractivity contribution in [3.05, 3.63) is 35.4 Å². The molecule has 1 fully saturated rings. The number of carbonyl (C=O) groups is 1. The summed E-state index contributed by atoms with van der Waals surface area (Å²) in [5.74, 6) is -1.61. The maximum Gasteiger partial charge on any atom is 0.256 e. The molecule has 0 unspecified atom stereocenters. The molecular formula is C13H15F2NO2. The Balaban J connectivity index is 2.10. The molecule has 0 radical (unpaired) electrons. The summed E-state index contributed by atoms with van der Waals surface area (Å²) in [5, 5.41) is 9.00. The molecule has 1 heterocycles. The first-order valence-corrected chi connectivity index (χ1v) is 5.97. The number of nitrogens with zero attached hydrogens (tertiary/aromatic N) is 1. The lowest BCUT2D eigenvalue weighted by atomic mass is 9.97. The smallest absolute Gasteiger partial charge is 0.256 e. The van der Waals surface area contributed by atoms with E-state index in [0.29, 0.717) is 25.9 Å². The number of hydrogen-bond donors (Lipinski definition) is 1. The number of aliphatic hydroxyl groups excluding tert-OH is 1. The van der Waals surface area contributed by atoms with Crippen LogP contribution in [0.25, 0.3) is 0 Å². The standard InChI is InChI=1S/C13H15F2NO2/c14-10-1-2-12(15)11(7-10)13(18)16-5-3-9(8-17)4-6-16/h1-2,7,9,17H,3-6,8H2. The van der Waals surface area contributed by atoms with E-state index in [1.54, 1.807) is 0 Å². The molecule has 2 rings (SSSR count). The molecule has 18 heavy (non-hydrogen) atoms. The summed E-state index contributed by atoms with van der Waals surface area (Å²) in [6.45, 7) is 1.05. The van der Waals surface area contributed by atoms with Gasteiger partial charge in [0.2, 0.25) is 0 Å². The van der Waals surface area contributed by atoms with Crippen LogP contribution < -0.4 is 0 Å². The summed E-state index contributed by atoms with van der Waals surface area (Å²) in [7, 11) is 0. The summed E-state index contributed by atoms with van der Waals surface area (Å²) >= 11 is 0. The van der Waals surface area contributed by atoms with Crippen molar-refractivity contribution < 1.29 is 18.7 Å². The van der Waals surface area contributed by atoms with Crippen LogP contribution in [0.4, 0.5) is 8.78 Å². The van der Waals surface area contributed by atoms with Crippen LogP contribution in [0.15, 0.2) is 18.2 Å². The Morgan fingerprint density at radius 1 is 1.33 bits per heavy atom. The number of amides is 1. The zero-order chi connectivity index (χ0) is 13.1. The lowest BCUT2D eigenvalue weighted by Gasteiger charge is -2.31. The molecule has 1 aliphatic heterocycles. The van der Waals surface area contributed by atoms with Gasteiger partial charge in [0.15, 0.2) is 0 Å². The van der Waals surface area contributed by atoms with Gasteiger partial charge in [-0.2, -0.15) is 0 Å². The summed E-state index contributed by atoms with van der Waals surface area (Å²) in [5.41, 5.74) is -0.225. The SMILES string of the molecule is O=C(c1cc(F)ccc1F)N1CCC(CO)CC1. The first-order chi connectivity index (χ1) is 8.61. The molecule has 0 atom stereocenters. The highest BCUT2D eigenvalue weighted by atomic mass is 19.1. The fraction of sp³-hybridized carbons (Fsp3) is 0.462. The molecule has 1 amide bonds. The van der Waals surface area contributed by atoms with Crippen molar-refractivity contribution in [2.45, 2.75) is 12.8 Å². The number of hydrogen-bond acceptors (Lipinski definition) is 2. The highest BCUT2D eigenvalue weighted by Crippen LogP contribution is 2.20. The number of piperidine rings is 1. The van der Waals surface area contributed by atoms with E-state index < -0.39 is 17.5 Å². The van der Waals surface area contributed by atoms with Gasteiger partial charge in [0.25, 0.3) is 5.91 Å². The number of likely N-dealkylation sites (tertiary alicyclic amines) is 1. The molecule has 0 saturated carbocycles. The van der Waals surface area contributed by atoms with Crippen molar-refractivity contribution in [3.8, 4) is 0 Å². The van der Waals surface area contributed by atoms with Crippen LogP contribution in [-0.4, -0.2) is 35.6 Å². The second-order valence-electron chi connectivity index (χ2n) is 4.54. The van der Waals surface area contributed by atoms with Crippen LogP contribution in [0, 0.1) is 17.6 Å². The van der Waals surface area contributed by atoms with Crippen LogP contribution in [0.2, 0.25) is 0 Å². The average Bonchev–Trinajstić information content (AvgIpc) is 2.41. The Kier molecular flexibility index (Phi) is 3.91. The average molecular weight is 255 g/mol. The van der Waals surface area contributed by atoms with E-state index in [2.05, 4.69) is 0 Å². The number of halogens is 2. The first kappa shape index (κ1) is 13.0. The van der Waals surface area contributed by atoms with Gasteiger partial charge in [-0.3, -0.25) is 4.79 Å². The fourth-order valence-corrected chi connectivity index (χ4v) is 2.15. The number of rotatable bonds is 2. The maximum atomic E-state index is 13.5. The van der Waals surface area contributed by atoms with Crippen LogP contribution in [0.1, 0.15) is 23.2 Å². The minimum atomic E-state index is -0.703. The highest BCUT2D eigenvalue weighted by Gasteiger charge is 2.25. The fourth-order valence-electron chi connectivity index (χ4n) is 2.15. The molecule has 1 aliphatic rings. The Labute approximate surface area is 104 Å². The summed E-state index contributed by atoms with van der Waals surface area (Å²) < 4.78 is 26.5. The molecule has 0 spiro atoms. The predicted molar refractivity (Wildman–Crippen MR) is 62.1 cm³/mol. The Bertz CT molecular complexity index is 443. The molecular weight excluding hydrogens is 240 g/mol. The summed E-state index contributed by atoms with van der Waals surface area (Å²) in [4.78, 5) is 13.5. The van der Waals surface area contributed by atoms with Crippen LogP contribution in [0.5, 0.6) is 0 Å². The molecule has 98 valence electrons. The quantitative estimate of drug-likeness (QED) is 0.875. The third-order valence-corrected chi connectivity index (χ3v) is 3.32. The second kappa shape index (κ2) is 5.44. The van der Waals surface area contributed by atoms with Gasteiger partial charge < -0.3 is 10.0 Å². The Morgan fingerprint density at radius 2 is 2.00 bits per heavy atom. The molecule has 1 saturated heterocycles. The van der Waals surface area contributed by atoms with E-state index >= 15 is 0 Å². The summed E-state index contributed by atoms with van der Waals surface area (Å²) in [6.07, 6.45) is 1.39. The molecule has 0 aliphatic carbocycles. The van der Waals surface area contributed by atoms with Crippen LogP contribution >= 0.6 is 0 Å².